The lowest BCUT2D eigenvalue weighted by molar-refractivity contribution is -0.124. The maximum Gasteiger partial charge on any atom is 0.338 e. The SMILES string of the molecule is COc1c(Cl)cc(C(=O)OCC(=O)NC[C@@H]2CCCO2)cc1Cl. The Hall–Kier alpha value is -1.50. The Balaban J connectivity index is 1.83. The number of carbonyl (C=O) groups excluding carboxylic acids is 2. The molecular formula is C15H17Cl2NO5. The first-order chi connectivity index (χ1) is 11.0. The summed E-state index contributed by atoms with van der Waals surface area (Å²) < 4.78 is 15.3. The zero-order valence-corrected chi connectivity index (χ0v) is 14.1. The molecule has 1 aromatic carbocycles. The summed E-state index contributed by atoms with van der Waals surface area (Å²) in [4.78, 5) is 23.6. The third-order valence-corrected chi connectivity index (χ3v) is 3.88. The van der Waals surface area contributed by atoms with E-state index in [0.29, 0.717) is 13.2 Å². The highest BCUT2D eigenvalue weighted by molar-refractivity contribution is 6.37. The van der Waals surface area contributed by atoms with Crippen LogP contribution < -0.4 is 10.1 Å². The number of carbonyl (C=O) groups is 2. The number of benzene rings is 1. The number of esters is 1. The first kappa shape index (κ1) is 17.8. The van der Waals surface area contributed by atoms with Crippen LogP contribution >= 0.6 is 23.2 Å². The molecule has 1 aliphatic rings. The third-order valence-electron chi connectivity index (χ3n) is 3.32. The Bertz CT molecular complexity index is 564. The number of ether oxygens (including phenoxy) is 3. The topological polar surface area (TPSA) is 73.9 Å². The van der Waals surface area contributed by atoms with E-state index >= 15 is 0 Å². The second-order valence-electron chi connectivity index (χ2n) is 4.99. The van der Waals surface area contributed by atoms with E-state index < -0.39 is 5.97 Å². The Labute approximate surface area is 144 Å². The molecule has 0 spiro atoms. The molecule has 8 heteroatoms. The highest BCUT2D eigenvalue weighted by Crippen LogP contribution is 2.33. The third kappa shape index (κ3) is 4.99. The lowest BCUT2D eigenvalue weighted by Gasteiger charge is -2.11. The molecule has 23 heavy (non-hydrogen) atoms. The van der Waals surface area contributed by atoms with E-state index in [4.69, 9.17) is 37.4 Å². The molecule has 1 fully saturated rings. The largest absolute Gasteiger partial charge is 0.494 e. The van der Waals surface area contributed by atoms with Gasteiger partial charge in [0.1, 0.15) is 0 Å². The van der Waals surface area contributed by atoms with Crippen molar-refractivity contribution in [3.8, 4) is 5.75 Å². The first-order valence-corrected chi connectivity index (χ1v) is 7.85. The fourth-order valence-corrected chi connectivity index (χ4v) is 2.81. The maximum atomic E-state index is 11.9. The van der Waals surface area contributed by atoms with Crippen LogP contribution in [-0.2, 0) is 14.3 Å². The highest BCUT2D eigenvalue weighted by atomic mass is 35.5. The van der Waals surface area contributed by atoms with Gasteiger partial charge in [-0.15, -0.1) is 0 Å². The van der Waals surface area contributed by atoms with Gasteiger partial charge in [0.15, 0.2) is 12.4 Å². The molecule has 0 aromatic heterocycles. The minimum atomic E-state index is -0.691. The van der Waals surface area contributed by atoms with Gasteiger partial charge < -0.3 is 19.5 Å². The second kappa shape index (κ2) is 8.38. The molecule has 0 radical (unpaired) electrons. The molecule has 0 bridgehead atoms. The van der Waals surface area contributed by atoms with Crippen molar-refractivity contribution in [2.24, 2.45) is 0 Å². The highest BCUT2D eigenvalue weighted by Gasteiger charge is 2.18. The number of amides is 1. The van der Waals surface area contributed by atoms with Gasteiger partial charge in [0.25, 0.3) is 5.91 Å². The van der Waals surface area contributed by atoms with Gasteiger partial charge in [-0.3, -0.25) is 4.79 Å². The average molecular weight is 362 g/mol. The van der Waals surface area contributed by atoms with Gasteiger partial charge in [0.2, 0.25) is 0 Å². The molecule has 0 saturated carbocycles. The molecule has 2 rings (SSSR count). The van der Waals surface area contributed by atoms with Crippen molar-refractivity contribution in [1.82, 2.24) is 5.32 Å². The molecule has 1 aromatic rings. The summed E-state index contributed by atoms with van der Waals surface area (Å²) in [6.07, 6.45) is 1.95. The molecule has 1 aliphatic heterocycles. The van der Waals surface area contributed by atoms with Gasteiger partial charge in [-0.2, -0.15) is 0 Å². The molecule has 6 nitrogen and oxygen atoms in total. The van der Waals surface area contributed by atoms with Gasteiger partial charge in [-0.05, 0) is 25.0 Å². The molecule has 126 valence electrons. The number of nitrogens with one attached hydrogen (secondary N) is 1. The standard InChI is InChI=1S/C15H17Cl2NO5/c1-21-14-11(16)5-9(6-12(14)17)15(20)23-8-13(19)18-7-10-3-2-4-22-10/h5-6,10H,2-4,7-8H2,1H3,(H,18,19)/t10-/m0/s1. The van der Waals surface area contributed by atoms with Crippen molar-refractivity contribution in [2.75, 3.05) is 26.9 Å². The van der Waals surface area contributed by atoms with Gasteiger partial charge in [-0.25, -0.2) is 4.79 Å². The van der Waals surface area contributed by atoms with E-state index in [-0.39, 0.29) is 40.0 Å². The summed E-state index contributed by atoms with van der Waals surface area (Å²) in [6, 6.07) is 2.75. The molecule has 1 amide bonds. The smallest absolute Gasteiger partial charge is 0.338 e. The van der Waals surface area contributed by atoms with Crippen LogP contribution in [0.4, 0.5) is 0 Å². The maximum absolute atomic E-state index is 11.9. The van der Waals surface area contributed by atoms with Crippen molar-refractivity contribution < 1.29 is 23.8 Å². The van der Waals surface area contributed by atoms with Gasteiger partial charge in [0, 0.05) is 13.2 Å². The van der Waals surface area contributed by atoms with E-state index in [9.17, 15) is 9.59 Å². The van der Waals surface area contributed by atoms with E-state index in [0.717, 1.165) is 12.8 Å². The van der Waals surface area contributed by atoms with Crippen LogP contribution in [0.3, 0.4) is 0 Å². The number of methoxy groups -OCH3 is 1. The summed E-state index contributed by atoms with van der Waals surface area (Å²) in [5.41, 5.74) is 0.146. The van der Waals surface area contributed by atoms with Crippen LogP contribution in [0.15, 0.2) is 12.1 Å². The molecule has 1 atom stereocenters. The Morgan fingerprint density at radius 2 is 2.04 bits per heavy atom. The van der Waals surface area contributed by atoms with Crippen LogP contribution in [-0.4, -0.2) is 44.8 Å². The molecule has 1 heterocycles. The summed E-state index contributed by atoms with van der Waals surface area (Å²) in [5.74, 6) is -0.803. The van der Waals surface area contributed by atoms with Crippen LogP contribution in [0.25, 0.3) is 0 Å². The van der Waals surface area contributed by atoms with Crippen LogP contribution in [0, 0.1) is 0 Å². The molecule has 1 N–H and O–H groups in total. The minimum Gasteiger partial charge on any atom is -0.494 e. The van der Waals surface area contributed by atoms with Crippen molar-refractivity contribution in [3.63, 3.8) is 0 Å². The predicted octanol–water partition coefficient (Wildman–Crippen LogP) is 2.45. The van der Waals surface area contributed by atoms with E-state index in [1.54, 1.807) is 0 Å². The predicted molar refractivity (Wildman–Crippen MR) is 85.3 cm³/mol. The fourth-order valence-electron chi connectivity index (χ4n) is 2.17. The molecule has 1 saturated heterocycles. The Morgan fingerprint density at radius 1 is 1.35 bits per heavy atom. The molecular weight excluding hydrogens is 345 g/mol. The zero-order valence-electron chi connectivity index (χ0n) is 12.6. The Morgan fingerprint density at radius 3 is 2.61 bits per heavy atom. The Kier molecular flexibility index (Phi) is 6.50. The van der Waals surface area contributed by atoms with E-state index in [1.165, 1.54) is 19.2 Å². The lowest BCUT2D eigenvalue weighted by atomic mass is 10.2. The normalized spacial score (nSPS) is 16.9. The quantitative estimate of drug-likeness (QED) is 0.787. The van der Waals surface area contributed by atoms with Gasteiger partial charge >= 0.3 is 5.97 Å². The van der Waals surface area contributed by atoms with Crippen molar-refractivity contribution in [2.45, 2.75) is 18.9 Å². The van der Waals surface area contributed by atoms with Crippen molar-refractivity contribution >= 4 is 35.1 Å². The zero-order chi connectivity index (χ0) is 16.8. The summed E-state index contributed by atoms with van der Waals surface area (Å²) in [6.45, 7) is 0.748. The van der Waals surface area contributed by atoms with E-state index in [1.807, 2.05) is 0 Å². The monoisotopic (exact) mass is 361 g/mol. The molecule has 0 unspecified atom stereocenters. The average Bonchev–Trinajstić information content (AvgIpc) is 3.03. The first-order valence-electron chi connectivity index (χ1n) is 7.09. The molecule has 0 aliphatic carbocycles. The lowest BCUT2D eigenvalue weighted by Crippen LogP contribution is -2.34. The van der Waals surface area contributed by atoms with E-state index in [2.05, 4.69) is 5.32 Å². The minimum absolute atomic E-state index is 0.0360. The van der Waals surface area contributed by atoms with Gasteiger partial charge in [-0.1, -0.05) is 23.2 Å². The number of hydrogen-bond acceptors (Lipinski definition) is 5. The summed E-state index contributed by atoms with van der Waals surface area (Å²) in [5, 5.41) is 3.04. The summed E-state index contributed by atoms with van der Waals surface area (Å²) >= 11 is 11.9. The van der Waals surface area contributed by atoms with Crippen LogP contribution in [0.1, 0.15) is 23.2 Å². The number of halogens is 2. The van der Waals surface area contributed by atoms with Crippen LogP contribution in [0.2, 0.25) is 10.0 Å². The van der Waals surface area contributed by atoms with Crippen molar-refractivity contribution in [3.05, 3.63) is 27.7 Å². The summed E-state index contributed by atoms with van der Waals surface area (Å²) in [7, 11) is 1.42. The van der Waals surface area contributed by atoms with Gasteiger partial charge in [0.05, 0.1) is 28.8 Å². The van der Waals surface area contributed by atoms with Crippen molar-refractivity contribution in [1.29, 1.82) is 0 Å². The van der Waals surface area contributed by atoms with Crippen LogP contribution in [0.5, 0.6) is 5.75 Å². The second-order valence-corrected chi connectivity index (χ2v) is 5.80. The number of hydrogen-bond donors (Lipinski definition) is 1. The number of rotatable bonds is 6. The fraction of sp³-hybridized carbons (Fsp3) is 0.467.